The van der Waals surface area contributed by atoms with Crippen molar-refractivity contribution in [1.82, 2.24) is 4.90 Å². The van der Waals surface area contributed by atoms with Crippen molar-refractivity contribution in [2.75, 3.05) is 28.3 Å². The molecule has 0 amide bonds. The van der Waals surface area contributed by atoms with E-state index < -0.39 is 107 Å². The lowest BCUT2D eigenvalue weighted by Gasteiger charge is -2.52. The van der Waals surface area contributed by atoms with Gasteiger partial charge in [-0.2, -0.15) is 0 Å². The Morgan fingerprint density at radius 1 is 0.811 bits per heavy atom. The second kappa shape index (κ2) is 17.4. The zero-order chi connectivity index (χ0) is 40.6. The van der Waals surface area contributed by atoms with Crippen molar-refractivity contribution in [2.45, 2.75) is 185 Å². The lowest BCUT2D eigenvalue weighted by atomic mass is 9.72. The molecule has 0 aliphatic carbocycles. The van der Waals surface area contributed by atoms with Gasteiger partial charge in [0.2, 0.25) is 0 Å². The Balaban J connectivity index is 2.28. The Labute approximate surface area is 315 Å². The van der Waals surface area contributed by atoms with Crippen molar-refractivity contribution in [3.05, 3.63) is 0 Å². The predicted molar refractivity (Wildman–Crippen MR) is 193 cm³/mol. The first kappa shape index (κ1) is 46.0. The van der Waals surface area contributed by atoms with Gasteiger partial charge in [-0.05, 0) is 81.8 Å². The molecule has 0 aromatic carbocycles. The van der Waals surface area contributed by atoms with Crippen molar-refractivity contribution >= 4 is 11.8 Å². The largest absolute Gasteiger partial charge is 0.459 e. The van der Waals surface area contributed by atoms with Crippen LogP contribution >= 0.6 is 0 Å². The average Bonchev–Trinajstić information content (AvgIpc) is 3.09. The summed E-state index contributed by atoms with van der Waals surface area (Å²) in [6, 6.07) is -0.376. The Bertz CT molecular complexity index is 1230. The van der Waals surface area contributed by atoms with Crippen molar-refractivity contribution in [1.29, 1.82) is 0 Å². The number of ether oxygens (including phenoxy) is 7. The summed E-state index contributed by atoms with van der Waals surface area (Å²) in [5, 5.41) is 58.6. The molecule has 0 spiro atoms. The Hall–Kier alpha value is -1.34. The number of carbonyl (C=O) groups is 2. The summed E-state index contributed by atoms with van der Waals surface area (Å²) in [4.78, 5) is 30.1. The van der Waals surface area contributed by atoms with Crippen molar-refractivity contribution < 1.29 is 68.3 Å². The first-order chi connectivity index (χ1) is 24.3. The van der Waals surface area contributed by atoms with E-state index in [-0.39, 0.29) is 31.4 Å². The van der Waals surface area contributed by atoms with Gasteiger partial charge in [-0.1, -0.05) is 20.8 Å². The van der Waals surface area contributed by atoms with Crippen LogP contribution in [0.1, 0.15) is 94.9 Å². The fourth-order valence-electron chi connectivity index (χ4n) is 8.65. The number of Topliss-reactive ketones (excluding diaryl/α,β-unsaturated/α-hetero) is 1. The van der Waals surface area contributed by atoms with Crippen LogP contribution in [0.2, 0.25) is 0 Å². The van der Waals surface area contributed by atoms with Gasteiger partial charge < -0.3 is 63.6 Å². The van der Waals surface area contributed by atoms with Crippen LogP contribution in [0.3, 0.4) is 0 Å². The predicted octanol–water partition coefficient (Wildman–Crippen LogP) is 1.55. The molecule has 0 aromatic rings. The minimum atomic E-state index is -2.20. The number of rotatable bonds is 8. The molecule has 3 aliphatic heterocycles. The molecule has 5 N–H and O–H groups in total. The normalized spacial score (nSPS) is 49.7. The van der Waals surface area contributed by atoms with Gasteiger partial charge in [-0.25, -0.2) is 0 Å². The van der Waals surface area contributed by atoms with E-state index >= 15 is 0 Å². The number of hydrogen-bond donors (Lipinski definition) is 5. The van der Waals surface area contributed by atoms with Crippen LogP contribution in [0.4, 0.5) is 0 Å². The number of carbonyl (C=O) groups excluding carboxylic acids is 2. The molecule has 15 heteroatoms. The second-order valence-corrected chi connectivity index (χ2v) is 16.9. The van der Waals surface area contributed by atoms with Crippen LogP contribution in [-0.4, -0.2) is 160 Å². The van der Waals surface area contributed by atoms with Crippen LogP contribution in [0.15, 0.2) is 0 Å². The summed E-state index contributed by atoms with van der Waals surface area (Å²) in [6.07, 6.45) is -11.1. The molecule has 0 saturated carbocycles. The van der Waals surface area contributed by atoms with Gasteiger partial charge in [-0.3, -0.25) is 9.59 Å². The maximum absolute atomic E-state index is 14.2. The zero-order valence-corrected chi connectivity index (χ0v) is 34.3. The molecule has 53 heavy (non-hydrogen) atoms. The monoisotopic (exact) mass is 763 g/mol. The molecule has 3 saturated heterocycles. The van der Waals surface area contributed by atoms with Crippen LogP contribution in [-0.2, 0) is 42.7 Å². The fourth-order valence-corrected chi connectivity index (χ4v) is 8.65. The van der Waals surface area contributed by atoms with E-state index in [1.54, 1.807) is 34.6 Å². The van der Waals surface area contributed by atoms with Gasteiger partial charge in [0.15, 0.2) is 12.6 Å². The van der Waals surface area contributed by atoms with E-state index in [4.69, 9.17) is 33.2 Å². The molecular formula is C38H69NO14. The van der Waals surface area contributed by atoms with Crippen LogP contribution < -0.4 is 0 Å². The lowest BCUT2D eigenvalue weighted by molar-refractivity contribution is -0.345. The SMILES string of the molecule is CC[C@H]1OC(=O)[C@H](C)[C@@H](O[C@H]2C[C@@](C)(OC)[C@@H](O)[C@H](C)O2)C(C)(O)[C@@H](O[C@@H]2O[C@H](C)C[C@H](N(C)C)[C@H]2O)[C@](C)(OC)C[C@@H](C)C(=O)[C@H](C)[C@@H](O)[C@]1(C)O. The van der Waals surface area contributed by atoms with E-state index in [1.165, 1.54) is 41.9 Å². The van der Waals surface area contributed by atoms with E-state index in [9.17, 15) is 35.1 Å². The van der Waals surface area contributed by atoms with Gasteiger partial charge >= 0.3 is 5.97 Å². The van der Waals surface area contributed by atoms with Crippen LogP contribution in [0, 0.1) is 17.8 Å². The summed E-state index contributed by atoms with van der Waals surface area (Å²) >= 11 is 0. The first-order valence-corrected chi connectivity index (χ1v) is 18.9. The van der Waals surface area contributed by atoms with Crippen molar-refractivity contribution in [3.63, 3.8) is 0 Å². The number of nitrogens with zero attached hydrogens (tertiary/aromatic N) is 1. The molecule has 1 unspecified atom stereocenters. The smallest absolute Gasteiger partial charge is 0.311 e. The third-order valence-electron chi connectivity index (χ3n) is 12.3. The third-order valence-corrected chi connectivity index (χ3v) is 12.3. The Kier molecular flexibility index (Phi) is 15.1. The number of ketones is 1. The van der Waals surface area contributed by atoms with Gasteiger partial charge in [0, 0.05) is 38.5 Å². The molecular weight excluding hydrogens is 694 g/mol. The summed E-state index contributed by atoms with van der Waals surface area (Å²) in [7, 11) is 6.51. The third kappa shape index (κ3) is 9.45. The maximum Gasteiger partial charge on any atom is 0.311 e. The molecule has 0 aromatic heterocycles. The van der Waals surface area contributed by atoms with Crippen molar-refractivity contribution in [3.8, 4) is 0 Å². The quantitative estimate of drug-likeness (QED) is 0.223. The number of aliphatic hydroxyl groups is 5. The molecule has 3 aliphatic rings. The molecule has 3 heterocycles. The van der Waals surface area contributed by atoms with E-state index in [0.717, 1.165) is 0 Å². The summed E-state index contributed by atoms with van der Waals surface area (Å²) < 4.78 is 43.2. The second-order valence-electron chi connectivity index (χ2n) is 16.9. The van der Waals surface area contributed by atoms with E-state index in [0.29, 0.717) is 6.42 Å². The van der Waals surface area contributed by atoms with Gasteiger partial charge in [-0.15, -0.1) is 0 Å². The number of esters is 1. The van der Waals surface area contributed by atoms with Crippen LogP contribution in [0.5, 0.6) is 0 Å². The lowest BCUT2D eigenvalue weighted by Crippen LogP contribution is -2.68. The highest BCUT2D eigenvalue weighted by Gasteiger charge is 2.59. The molecule has 18 atom stereocenters. The highest BCUT2D eigenvalue weighted by Crippen LogP contribution is 2.43. The number of cyclic esters (lactones) is 1. The van der Waals surface area contributed by atoms with E-state index in [1.807, 2.05) is 25.9 Å². The number of aliphatic hydroxyl groups excluding tert-OH is 3. The number of likely N-dealkylation sites (N-methyl/N-ethyl adjacent to an activating group) is 1. The summed E-state index contributed by atoms with van der Waals surface area (Å²) in [6.45, 7) is 15.9. The van der Waals surface area contributed by atoms with Gasteiger partial charge in [0.05, 0.1) is 35.4 Å². The van der Waals surface area contributed by atoms with Gasteiger partial charge in [0.1, 0.15) is 47.5 Å². The van der Waals surface area contributed by atoms with Gasteiger partial charge in [0.25, 0.3) is 0 Å². The summed E-state index contributed by atoms with van der Waals surface area (Å²) in [5.41, 5.74) is -6.90. The standard InChI is InChI=1S/C38H69NO14/c1-15-25-37(9,45)29(42)21(4)27(40)19(2)17-36(8,48-14)34(53-33-28(41)24(39(11)12)16-20(3)49-33)38(10,46)31(22(5)32(44)51-25)52-26-18-35(7,47-13)30(43)23(6)50-26/h19-26,28-31,33-34,41-43,45-46H,15-18H2,1-14H3/t19-,20-,21+,22-,23+,24+,25-,26+,28-,29-,30+,31-,33+,34+,35-,36-,37-,38?/m1/s1. The number of methoxy groups -OCH3 is 2. The number of hydrogen-bond acceptors (Lipinski definition) is 15. The van der Waals surface area contributed by atoms with Crippen LogP contribution in [0.25, 0.3) is 0 Å². The molecule has 15 nitrogen and oxygen atoms in total. The highest BCUT2D eigenvalue weighted by atomic mass is 16.7. The van der Waals surface area contributed by atoms with E-state index in [2.05, 4.69) is 0 Å². The molecule has 310 valence electrons. The Morgan fingerprint density at radius 2 is 1.40 bits per heavy atom. The summed E-state index contributed by atoms with van der Waals surface area (Å²) in [5.74, 6) is -4.49. The molecule has 3 rings (SSSR count). The topological polar surface area (TPSA) is 203 Å². The highest BCUT2D eigenvalue weighted by molar-refractivity contribution is 5.83. The minimum absolute atomic E-state index is 0.00478. The maximum atomic E-state index is 14.2. The molecule has 0 bridgehead atoms. The zero-order valence-electron chi connectivity index (χ0n) is 34.3. The average molecular weight is 764 g/mol. The fraction of sp³-hybridized carbons (Fsp3) is 0.947. The first-order valence-electron chi connectivity index (χ1n) is 18.9. The Morgan fingerprint density at radius 3 is 1.92 bits per heavy atom. The van der Waals surface area contributed by atoms with Crippen molar-refractivity contribution in [2.24, 2.45) is 17.8 Å². The minimum Gasteiger partial charge on any atom is -0.459 e. The molecule has 3 fully saturated rings. The molecule has 0 radical (unpaired) electrons.